The number of hydrogen-bond acceptors (Lipinski definition) is 2. The van der Waals surface area contributed by atoms with Crippen molar-refractivity contribution < 1.29 is 5.82 Å². The van der Waals surface area contributed by atoms with Gasteiger partial charge in [0.05, 0.1) is 23.1 Å². The van der Waals surface area contributed by atoms with Crippen molar-refractivity contribution in [3.05, 3.63) is 60.3 Å². The molecule has 0 spiro atoms. The minimum Gasteiger partial charge on any atom is -0.327 e. The van der Waals surface area contributed by atoms with Crippen LogP contribution in [0.3, 0.4) is 0 Å². The molecule has 0 aliphatic carbocycles. The summed E-state index contributed by atoms with van der Waals surface area (Å²) in [4.78, 5) is 4.85. The molecule has 1 aliphatic heterocycles. The molecule has 0 amide bonds. The molecule has 0 fully saturated rings. The maximum absolute atomic E-state index is 13.3. The summed E-state index contributed by atoms with van der Waals surface area (Å²) in [5, 5.41) is 8.16. The Balaban J connectivity index is 0.00000157. The fraction of sp³-hybridized carbons (Fsp3) is 0.158. The van der Waals surface area contributed by atoms with Crippen LogP contribution in [0.15, 0.2) is 48.7 Å². The van der Waals surface area contributed by atoms with Crippen molar-refractivity contribution in [2.75, 3.05) is 0 Å². The number of fused-ring (bicyclic) bond motifs is 2. The van der Waals surface area contributed by atoms with E-state index in [2.05, 4.69) is 26.9 Å². The van der Waals surface area contributed by atoms with Gasteiger partial charge in [-0.25, -0.2) is 9.37 Å². The number of benzene rings is 2. The summed E-state index contributed by atoms with van der Waals surface area (Å²) in [7, 11) is 0. The molecule has 2 aromatic heterocycles. The lowest BCUT2D eigenvalue weighted by Crippen LogP contribution is -1.96. The van der Waals surface area contributed by atoms with Gasteiger partial charge < -0.3 is 4.57 Å². The van der Waals surface area contributed by atoms with Gasteiger partial charge >= 0.3 is 0 Å². The first-order valence-electron chi connectivity index (χ1n) is 8.08. The third-order valence-corrected chi connectivity index (χ3v) is 4.66. The SMILES string of the molecule is Fc1ccc(-c2nc3n(c2-c2ccc4[nH]ncc4c2)CCC3)cc1.[HH]. The number of aromatic nitrogens is 4. The summed E-state index contributed by atoms with van der Waals surface area (Å²) >= 11 is 0. The Labute approximate surface area is 139 Å². The van der Waals surface area contributed by atoms with Crippen LogP contribution < -0.4 is 0 Å². The minimum absolute atomic E-state index is 0. The second-order valence-electron chi connectivity index (χ2n) is 6.16. The van der Waals surface area contributed by atoms with Crippen molar-refractivity contribution >= 4 is 10.9 Å². The van der Waals surface area contributed by atoms with Crippen LogP contribution in [-0.4, -0.2) is 19.7 Å². The van der Waals surface area contributed by atoms with Crippen molar-refractivity contribution in [2.45, 2.75) is 19.4 Å². The molecule has 5 rings (SSSR count). The maximum Gasteiger partial charge on any atom is 0.123 e. The number of rotatable bonds is 2. The predicted molar refractivity (Wildman–Crippen MR) is 93.1 cm³/mol. The fourth-order valence-electron chi connectivity index (χ4n) is 3.52. The molecule has 24 heavy (non-hydrogen) atoms. The highest BCUT2D eigenvalue weighted by Crippen LogP contribution is 2.36. The van der Waals surface area contributed by atoms with Gasteiger partial charge in [0, 0.05) is 30.9 Å². The first-order valence-corrected chi connectivity index (χ1v) is 8.08. The van der Waals surface area contributed by atoms with Crippen molar-refractivity contribution in [3.63, 3.8) is 0 Å². The van der Waals surface area contributed by atoms with E-state index in [4.69, 9.17) is 4.98 Å². The van der Waals surface area contributed by atoms with E-state index >= 15 is 0 Å². The van der Waals surface area contributed by atoms with Crippen molar-refractivity contribution in [2.24, 2.45) is 0 Å². The summed E-state index contributed by atoms with van der Waals surface area (Å²) in [5.74, 6) is 0.878. The molecule has 2 aromatic carbocycles. The van der Waals surface area contributed by atoms with Gasteiger partial charge in [0.1, 0.15) is 11.6 Å². The van der Waals surface area contributed by atoms with Crippen LogP contribution in [0.2, 0.25) is 0 Å². The van der Waals surface area contributed by atoms with E-state index in [1.54, 1.807) is 12.1 Å². The maximum atomic E-state index is 13.3. The van der Waals surface area contributed by atoms with Crippen LogP contribution in [0.5, 0.6) is 0 Å². The van der Waals surface area contributed by atoms with Gasteiger partial charge in [0.25, 0.3) is 0 Å². The Hall–Kier alpha value is -2.95. The highest BCUT2D eigenvalue weighted by Gasteiger charge is 2.23. The third-order valence-electron chi connectivity index (χ3n) is 4.66. The number of nitrogens with zero attached hydrogens (tertiary/aromatic N) is 3. The number of imidazole rings is 1. The number of H-pyrrole nitrogens is 1. The minimum atomic E-state index is -0.230. The number of nitrogens with one attached hydrogen (secondary N) is 1. The zero-order valence-electron chi connectivity index (χ0n) is 13.0. The first-order chi connectivity index (χ1) is 11.8. The second kappa shape index (κ2) is 5.03. The fourth-order valence-corrected chi connectivity index (χ4v) is 3.52. The van der Waals surface area contributed by atoms with Crippen molar-refractivity contribution in [1.29, 1.82) is 0 Å². The predicted octanol–water partition coefficient (Wildman–Crippen LogP) is 4.42. The van der Waals surface area contributed by atoms with Crippen LogP contribution in [0, 0.1) is 5.82 Å². The van der Waals surface area contributed by atoms with E-state index < -0.39 is 0 Å². The van der Waals surface area contributed by atoms with E-state index in [9.17, 15) is 4.39 Å². The summed E-state index contributed by atoms with van der Waals surface area (Å²) in [6, 6.07) is 12.8. The van der Waals surface area contributed by atoms with Crippen molar-refractivity contribution in [1.82, 2.24) is 19.7 Å². The molecule has 4 aromatic rings. The van der Waals surface area contributed by atoms with E-state index in [0.717, 1.165) is 58.6 Å². The van der Waals surface area contributed by atoms with Crippen LogP contribution in [0.1, 0.15) is 13.7 Å². The van der Waals surface area contributed by atoms with Crippen LogP contribution in [0.25, 0.3) is 33.4 Å². The Bertz CT molecular complexity index is 1050. The molecule has 0 bridgehead atoms. The summed E-state index contributed by atoms with van der Waals surface area (Å²) in [6.07, 6.45) is 3.94. The second-order valence-corrected chi connectivity index (χ2v) is 6.16. The average molecular weight is 320 g/mol. The molecular weight excluding hydrogens is 303 g/mol. The van der Waals surface area contributed by atoms with Crippen LogP contribution >= 0.6 is 0 Å². The Morgan fingerprint density at radius 2 is 1.92 bits per heavy atom. The molecule has 4 nitrogen and oxygen atoms in total. The zero-order chi connectivity index (χ0) is 16.1. The number of hydrogen-bond donors (Lipinski definition) is 1. The third kappa shape index (κ3) is 1.98. The number of aryl methyl sites for hydroxylation is 1. The highest BCUT2D eigenvalue weighted by molar-refractivity contribution is 5.87. The highest BCUT2D eigenvalue weighted by atomic mass is 19.1. The lowest BCUT2D eigenvalue weighted by atomic mass is 10.0. The Morgan fingerprint density at radius 1 is 1.08 bits per heavy atom. The lowest BCUT2D eigenvalue weighted by Gasteiger charge is -2.09. The smallest absolute Gasteiger partial charge is 0.123 e. The van der Waals surface area contributed by atoms with E-state index in [-0.39, 0.29) is 7.24 Å². The topological polar surface area (TPSA) is 46.5 Å². The zero-order valence-corrected chi connectivity index (χ0v) is 13.0. The van der Waals surface area contributed by atoms with Gasteiger partial charge in [-0.05, 0) is 42.8 Å². The van der Waals surface area contributed by atoms with E-state index in [0.29, 0.717) is 0 Å². The Morgan fingerprint density at radius 3 is 2.79 bits per heavy atom. The molecule has 0 saturated heterocycles. The van der Waals surface area contributed by atoms with Gasteiger partial charge in [-0.2, -0.15) is 5.10 Å². The first kappa shape index (κ1) is 13.5. The summed E-state index contributed by atoms with van der Waals surface area (Å²) < 4.78 is 15.6. The van der Waals surface area contributed by atoms with Crippen LogP contribution in [0.4, 0.5) is 4.39 Å². The molecule has 1 N–H and O–H groups in total. The molecule has 1 aliphatic rings. The molecule has 0 saturated carbocycles. The average Bonchev–Trinajstić information content (AvgIpc) is 3.29. The van der Waals surface area contributed by atoms with Gasteiger partial charge in [-0.1, -0.05) is 6.07 Å². The van der Waals surface area contributed by atoms with Gasteiger partial charge in [-0.3, -0.25) is 5.10 Å². The molecule has 0 unspecified atom stereocenters. The Kier molecular flexibility index (Phi) is 2.82. The molecular formula is C19H17FN4. The van der Waals surface area contributed by atoms with E-state index in [1.165, 1.54) is 12.1 Å². The van der Waals surface area contributed by atoms with Gasteiger partial charge in [0.15, 0.2) is 0 Å². The molecule has 0 radical (unpaired) electrons. The standard InChI is InChI=1S/C19H15FN4.H2/c20-15-6-3-12(4-7-15)18-19(24-9-1-2-17(24)22-18)13-5-8-16-14(10-13)11-21-23-16;/h3-8,10-11H,1-2,9H2,(H,21,23);1H. The normalized spacial score (nSPS) is 13.5. The molecule has 120 valence electrons. The van der Waals surface area contributed by atoms with Gasteiger partial charge in [0.2, 0.25) is 0 Å². The quantitative estimate of drug-likeness (QED) is 0.594. The summed E-state index contributed by atoms with van der Waals surface area (Å²) in [6.45, 7) is 0.974. The number of halogens is 1. The monoisotopic (exact) mass is 320 g/mol. The number of aromatic amines is 1. The van der Waals surface area contributed by atoms with E-state index in [1.807, 2.05) is 12.3 Å². The molecule has 3 heterocycles. The molecule has 5 heteroatoms. The largest absolute Gasteiger partial charge is 0.327 e. The van der Waals surface area contributed by atoms with Crippen LogP contribution in [-0.2, 0) is 13.0 Å². The summed E-state index contributed by atoms with van der Waals surface area (Å²) in [5.41, 5.74) is 5.11. The molecule has 0 atom stereocenters. The lowest BCUT2D eigenvalue weighted by molar-refractivity contribution is 0.628. The van der Waals surface area contributed by atoms with Gasteiger partial charge in [-0.15, -0.1) is 0 Å². The van der Waals surface area contributed by atoms with Crippen molar-refractivity contribution in [3.8, 4) is 22.5 Å².